The molecular formula is C15H19FN2O3. The van der Waals surface area contributed by atoms with Crippen LogP contribution in [0.3, 0.4) is 0 Å². The number of nitrogens with zero attached hydrogens (tertiary/aromatic N) is 1. The second-order valence-electron chi connectivity index (χ2n) is 5.34. The van der Waals surface area contributed by atoms with Crippen LogP contribution in [0.15, 0.2) is 18.2 Å². The molecule has 6 heteroatoms. The zero-order chi connectivity index (χ0) is 15.4. The van der Waals surface area contributed by atoms with Crippen LogP contribution in [0.4, 0.5) is 10.1 Å². The predicted octanol–water partition coefficient (Wildman–Crippen LogP) is 1.30. The molecule has 1 heterocycles. The summed E-state index contributed by atoms with van der Waals surface area (Å²) in [7, 11) is 0. The highest BCUT2D eigenvalue weighted by Gasteiger charge is 2.26. The summed E-state index contributed by atoms with van der Waals surface area (Å²) in [5.41, 5.74) is 0.807. The largest absolute Gasteiger partial charge is 0.396 e. The van der Waals surface area contributed by atoms with Gasteiger partial charge in [-0.3, -0.25) is 9.59 Å². The molecule has 114 valence electrons. The molecule has 0 unspecified atom stereocenters. The maximum absolute atomic E-state index is 13.1. The molecule has 0 atom stereocenters. The summed E-state index contributed by atoms with van der Waals surface area (Å²) in [6.07, 6.45) is 1.40. The molecule has 2 rings (SSSR count). The first-order valence-electron chi connectivity index (χ1n) is 6.98. The average molecular weight is 294 g/mol. The number of carbonyl (C=O) groups excluding carboxylic acids is 2. The Morgan fingerprint density at radius 3 is 2.62 bits per heavy atom. The van der Waals surface area contributed by atoms with Gasteiger partial charge in [0.25, 0.3) is 0 Å². The number of nitrogens with one attached hydrogen (secondary N) is 1. The van der Waals surface area contributed by atoms with Gasteiger partial charge in [0, 0.05) is 25.4 Å². The van der Waals surface area contributed by atoms with Gasteiger partial charge in [-0.25, -0.2) is 4.39 Å². The van der Waals surface area contributed by atoms with Gasteiger partial charge in [0.1, 0.15) is 5.82 Å². The fourth-order valence-electron chi connectivity index (χ4n) is 2.37. The lowest BCUT2D eigenvalue weighted by Crippen LogP contribution is -2.44. The first kappa shape index (κ1) is 15.4. The van der Waals surface area contributed by atoms with Crippen molar-refractivity contribution in [1.29, 1.82) is 0 Å². The predicted molar refractivity (Wildman–Crippen MR) is 76.2 cm³/mol. The maximum Gasteiger partial charge on any atom is 0.313 e. The number of rotatable bonds is 2. The molecule has 0 aromatic heterocycles. The minimum Gasteiger partial charge on any atom is -0.396 e. The third kappa shape index (κ3) is 3.78. The normalized spacial score (nSPS) is 15.9. The SMILES string of the molecule is Cc1cc(NC(=O)C(=O)N2CCC(CO)CC2)ccc1F. The number of aliphatic hydroxyl groups is 1. The Hall–Kier alpha value is -1.95. The van der Waals surface area contributed by atoms with E-state index in [1.54, 1.807) is 6.92 Å². The smallest absolute Gasteiger partial charge is 0.313 e. The third-order valence-electron chi connectivity index (χ3n) is 3.77. The van der Waals surface area contributed by atoms with Gasteiger partial charge in [0.15, 0.2) is 0 Å². The van der Waals surface area contributed by atoms with Crippen LogP contribution in [-0.4, -0.2) is 41.5 Å². The molecule has 1 saturated heterocycles. The molecule has 1 aromatic rings. The van der Waals surface area contributed by atoms with Crippen LogP contribution in [0.1, 0.15) is 18.4 Å². The highest BCUT2D eigenvalue weighted by molar-refractivity contribution is 6.39. The van der Waals surface area contributed by atoms with E-state index in [1.165, 1.54) is 23.1 Å². The Morgan fingerprint density at radius 2 is 2.05 bits per heavy atom. The van der Waals surface area contributed by atoms with Crippen molar-refractivity contribution in [3.8, 4) is 0 Å². The number of hydrogen-bond donors (Lipinski definition) is 2. The van der Waals surface area contributed by atoms with Crippen LogP contribution in [0.25, 0.3) is 0 Å². The van der Waals surface area contributed by atoms with Crippen LogP contribution in [0, 0.1) is 18.7 Å². The molecule has 1 aromatic carbocycles. The lowest BCUT2D eigenvalue weighted by molar-refractivity contribution is -0.144. The Labute approximate surface area is 122 Å². The summed E-state index contributed by atoms with van der Waals surface area (Å²) >= 11 is 0. The highest BCUT2D eigenvalue weighted by Crippen LogP contribution is 2.17. The number of aliphatic hydroxyl groups excluding tert-OH is 1. The summed E-state index contributed by atoms with van der Waals surface area (Å²) in [4.78, 5) is 25.4. The standard InChI is InChI=1S/C15H19FN2O3/c1-10-8-12(2-3-13(10)16)17-14(20)15(21)18-6-4-11(9-19)5-7-18/h2-3,8,11,19H,4-7,9H2,1H3,(H,17,20). The Bertz CT molecular complexity index is 540. The zero-order valence-corrected chi connectivity index (χ0v) is 11.9. The van der Waals surface area contributed by atoms with E-state index in [0.717, 1.165) is 0 Å². The number of piperidine rings is 1. The number of aryl methyl sites for hydroxylation is 1. The number of likely N-dealkylation sites (tertiary alicyclic amines) is 1. The van der Waals surface area contributed by atoms with E-state index >= 15 is 0 Å². The molecule has 5 nitrogen and oxygen atoms in total. The summed E-state index contributed by atoms with van der Waals surface area (Å²) < 4.78 is 13.1. The number of halogens is 1. The molecule has 0 saturated carbocycles. The van der Waals surface area contributed by atoms with Crippen LogP contribution in [0.2, 0.25) is 0 Å². The number of amides is 2. The van der Waals surface area contributed by atoms with Gasteiger partial charge < -0.3 is 15.3 Å². The van der Waals surface area contributed by atoms with Crippen molar-refractivity contribution in [3.05, 3.63) is 29.6 Å². The highest BCUT2D eigenvalue weighted by atomic mass is 19.1. The van der Waals surface area contributed by atoms with Crippen molar-refractivity contribution >= 4 is 17.5 Å². The second kappa shape index (κ2) is 6.67. The van der Waals surface area contributed by atoms with Gasteiger partial charge in [0.2, 0.25) is 0 Å². The van der Waals surface area contributed by atoms with E-state index in [2.05, 4.69) is 5.32 Å². The lowest BCUT2D eigenvalue weighted by atomic mass is 9.98. The Balaban J connectivity index is 1.93. The van der Waals surface area contributed by atoms with Gasteiger partial charge in [-0.1, -0.05) is 0 Å². The second-order valence-corrected chi connectivity index (χ2v) is 5.34. The van der Waals surface area contributed by atoms with Gasteiger partial charge in [-0.2, -0.15) is 0 Å². The molecular weight excluding hydrogens is 275 g/mol. The van der Waals surface area contributed by atoms with Crippen LogP contribution in [-0.2, 0) is 9.59 Å². The number of hydrogen-bond acceptors (Lipinski definition) is 3. The molecule has 2 amide bonds. The lowest BCUT2D eigenvalue weighted by Gasteiger charge is -2.30. The minimum atomic E-state index is -0.719. The number of anilines is 1. The van der Waals surface area contributed by atoms with E-state index in [0.29, 0.717) is 37.2 Å². The Kier molecular flexibility index (Phi) is 4.90. The fraction of sp³-hybridized carbons (Fsp3) is 0.467. The summed E-state index contributed by atoms with van der Waals surface area (Å²) in [5, 5.41) is 11.5. The van der Waals surface area contributed by atoms with Crippen molar-refractivity contribution in [3.63, 3.8) is 0 Å². The zero-order valence-electron chi connectivity index (χ0n) is 11.9. The summed E-state index contributed by atoms with van der Waals surface area (Å²) in [6.45, 7) is 2.65. The topological polar surface area (TPSA) is 69.6 Å². The molecule has 0 radical (unpaired) electrons. The van der Waals surface area contributed by atoms with Crippen LogP contribution < -0.4 is 5.32 Å². The first-order valence-corrected chi connectivity index (χ1v) is 6.98. The molecule has 0 aliphatic carbocycles. The molecule has 1 fully saturated rings. The summed E-state index contributed by atoms with van der Waals surface area (Å²) in [5.74, 6) is -1.46. The minimum absolute atomic E-state index is 0.114. The number of carbonyl (C=O) groups is 2. The van der Waals surface area contributed by atoms with E-state index in [-0.39, 0.29) is 18.3 Å². The molecule has 2 N–H and O–H groups in total. The van der Waals surface area contributed by atoms with Gasteiger partial charge in [-0.15, -0.1) is 0 Å². The van der Waals surface area contributed by atoms with Crippen LogP contribution in [0.5, 0.6) is 0 Å². The van der Waals surface area contributed by atoms with Gasteiger partial charge >= 0.3 is 11.8 Å². The van der Waals surface area contributed by atoms with Crippen molar-refractivity contribution in [2.75, 3.05) is 25.0 Å². The monoisotopic (exact) mass is 294 g/mol. The maximum atomic E-state index is 13.1. The molecule has 1 aliphatic rings. The fourth-order valence-corrected chi connectivity index (χ4v) is 2.37. The van der Waals surface area contributed by atoms with Crippen LogP contribution >= 0.6 is 0 Å². The van der Waals surface area contributed by atoms with Crippen molar-refractivity contribution in [1.82, 2.24) is 4.90 Å². The van der Waals surface area contributed by atoms with Gasteiger partial charge in [-0.05, 0) is 49.4 Å². The average Bonchev–Trinajstić information content (AvgIpc) is 2.50. The molecule has 21 heavy (non-hydrogen) atoms. The third-order valence-corrected chi connectivity index (χ3v) is 3.77. The molecule has 0 spiro atoms. The Morgan fingerprint density at radius 1 is 1.38 bits per heavy atom. The van der Waals surface area contributed by atoms with E-state index < -0.39 is 11.8 Å². The van der Waals surface area contributed by atoms with E-state index in [9.17, 15) is 14.0 Å². The van der Waals surface area contributed by atoms with Crippen molar-refractivity contribution in [2.45, 2.75) is 19.8 Å². The van der Waals surface area contributed by atoms with Crippen molar-refractivity contribution in [2.24, 2.45) is 5.92 Å². The number of benzene rings is 1. The van der Waals surface area contributed by atoms with Crippen molar-refractivity contribution < 1.29 is 19.1 Å². The quantitative estimate of drug-likeness (QED) is 0.808. The van der Waals surface area contributed by atoms with Gasteiger partial charge in [0.05, 0.1) is 0 Å². The summed E-state index contributed by atoms with van der Waals surface area (Å²) in [6, 6.07) is 4.16. The molecule has 0 bridgehead atoms. The molecule has 1 aliphatic heterocycles. The first-order chi connectivity index (χ1) is 10.0. The van der Waals surface area contributed by atoms with E-state index in [1.807, 2.05) is 0 Å². The van der Waals surface area contributed by atoms with E-state index in [4.69, 9.17) is 5.11 Å².